The van der Waals surface area contributed by atoms with Crippen LogP contribution in [0, 0.1) is 5.92 Å². The summed E-state index contributed by atoms with van der Waals surface area (Å²) in [7, 11) is 0. The highest BCUT2D eigenvalue weighted by molar-refractivity contribution is 5.95. The highest BCUT2D eigenvalue weighted by Crippen LogP contribution is 2.25. The van der Waals surface area contributed by atoms with Crippen LogP contribution in [-0.4, -0.2) is 108 Å². The van der Waals surface area contributed by atoms with Crippen molar-refractivity contribution in [2.24, 2.45) is 11.7 Å². The summed E-state index contributed by atoms with van der Waals surface area (Å²) >= 11 is 0. The lowest BCUT2D eigenvalue weighted by molar-refractivity contribution is -0.136. The van der Waals surface area contributed by atoms with Crippen molar-refractivity contribution in [1.82, 2.24) is 26.2 Å². The molecule has 5 amide bonds. The van der Waals surface area contributed by atoms with Gasteiger partial charge < -0.3 is 46.9 Å². The number of primary amides is 1. The Kier molecular flexibility index (Phi) is 16.6. The molecule has 14 nitrogen and oxygen atoms in total. The van der Waals surface area contributed by atoms with Crippen LogP contribution in [0.5, 0.6) is 5.75 Å². The van der Waals surface area contributed by atoms with E-state index in [0.717, 1.165) is 49.2 Å². The molecule has 0 spiro atoms. The number of nitrogens with zero attached hydrogens (tertiary/aromatic N) is 1. The van der Waals surface area contributed by atoms with Crippen LogP contribution in [0.3, 0.4) is 0 Å². The number of amides is 5. The topological polar surface area (TPSA) is 212 Å². The lowest BCUT2D eigenvalue weighted by Gasteiger charge is -2.32. The summed E-state index contributed by atoms with van der Waals surface area (Å²) in [4.78, 5) is 66.4. The molecule has 3 aromatic rings. The number of carbonyl (C=O) groups is 5. The molecule has 1 heterocycles. The van der Waals surface area contributed by atoms with Gasteiger partial charge in [0.15, 0.2) is 0 Å². The zero-order chi connectivity index (χ0) is 39.7. The van der Waals surface area contributed by atoms with Crippen LogP contribution in [0.4, 0.5) is 0 Å². The zero-order valence-corrected chi connectivity index (χ0v) is 31.5. The van der Waals surface area contributed by atoms with E-state index in [1.807, 2.05) is 36.4 Å². The van der Waals surface area contributed by atoms with Crippen molar-refractivity contribution in [2.75, 3.05) is 32.8 Å². The first kappa shape index (κ1) is 42.4. The van der Waals surface area contributed by atoms with Crippen molar-refractivity contribution in [2.45, 2.75) is 76.2 Å². The number of hydrogen-bond acceptors (Lipinski definition) is 9. The number of carbonyl (C=O) groups excluding carboxylic acids is 5. The molecule has 1 aliphatic heterocycles. The van der Waals surface area contributed by atoms with Crippen molar-refractivity contribution in [3.63, 3.8) is 0 Å². The van der Waals surface area contributed by atoms with E-state index in [1.54, 1.807) is 44.2 Å². The maximum Gasteiger partial charge on any atom is 0.245 e. The molecule has 296 valence electrons. The molecule has 0 unspecified atom stereocenters. The monoisotopic (exact) mass is 758 g/mol. The standard InChI is InChI=1S/C41H54N6O8/c1-27(2)37(41(54)45-34(26-49)40(53)44-33(25-48)39(52)43-32(38(42)51)24-29-13-7-4-8-14-29)46-36(50)19-22-47-20-17-31(18-21-47)55-35-16-10-9-15-30(35)23-28-11-5-3-6-12-28/h3-16,27,31-34,37,48-49H,17-26H2,1-2H3,(H2,42,51)(H,43,52)(H,44,53)(H,45,54)(H,46,50)/t32-,33+,34+,37+/m1/s1. The van der Waals surface area contributed by atoms with Crippen molar-refractivity contribution in [3.8, 4) is 5.75 Å². The average molecular weight is 759 g/mol. The molecule has 0 radical (unpaired) electrons. The molecule has 1 aliphatic rings. The van der Waals surface area contributed by atoms with Gasteiger partial charge in [-0.15, -0.1) is 0 Å². The van der Waals surface area contributed by atoms with Gasteiger partial charge >= 0.3 is 0 Å². The third-order valence-corrected chi connectivity index (χ3v) is 9.53. The zero-order valence-electron chi connectivity index (χ0n) is 31.5. The lowest BCUT2D eigenvalue weighted by atomic mass is 10.0. The van der Waals surface area contributed by atoms with E-state index >= 15 is 0 Å². The molecule has 3 aromatic carbocycles. The molecule has 1 saturated heterocycles. The molecule has 4 rings (SSSR count). The Balaban J connectivity index is 1.22. The van der Waals surface area contributed by atoms with E-state index in [-0.39, 0.29) is 30.8 Å². The predicted molar refractivity (Wildman–Crippen MR) is 206 cm³/mol. The maximum absolute atomic E-state index is 13.3. The number of piperidine rings is 1. The smallest absolute Gasteiger partial charge is 0.245 e. The van der Waals surface area contributed by atoms with Crippen LogP contribution < -0.4 is 31.7 Å². The van der Waals surface area contributed by atoms with Gasteiger partial charge in [0.05, 0.1) is 13.2 Å². The summed E-state index contributed by atoms with van der Waals surface area (Å²) in [5.74, 6) is -3.18. The van der Waals surface area contributed by atoms with Gasteiger partial charge in [0, 0.05) is 38.9 Å². The van der Waals surface area contributed by atoms with Crippen LogP contribution >= 0.6 is 0 Å². The Morgan fingerprint density at radius 2 is 1.25 bits per heavy atom. The molecular weight excluding hydrogens is 704 g/mol. The quantitative estimate of drug-likeness (QED) is 0.0868. The van der Waals surface area contributed by atoms with E-state index in [2.05, 4.69) is 44.4 Å². The molecular formula is C41H54N6O8. The number of aliphatic hydroxyl groups excluding tert-OH is 2. The third-order valence-electron chi connectivity index (χ3n) is 9.53. The molecule has 0 saturated carbocycles. The van der Waals surface area contributed by atoms with Crippen molar-refractivity contribution >= 4 is 29.5 Å². The van der Waals surface area contributed by atoms with E-state index < -0.39 is 61.0 Å². The Morgan fingerprint density at radius 1 is 0.727 bits per heavy atom. The second kappa shape index (κ2) is 21.5. The second-order valence-corrected chi connectivity index (χ2v) is 14.1. The SMILES string of the molecule is CC(C)[C@H](NC(=O)CCN1CCC(Oc2ccccc2Cc2ccccc2)CC1)C(=O)N[C@@H](CO)C(=O)N[C@@H](CO)C(=O)N[C@H](Cc1ccccc1)C(N)=O. The highest BCUT2D eigenvalue weighted by atomic mass is 16.5. The highest BCUT2D eigenvalue weighted by Gasteiger charge is 2.32. The van der Waals surface area contributed by atoms with Gasteiger partial charge in [-0.3, -0.25) is 24.0 Å². The Labute approximate surface area is 322 Å². The van der Waals surface area contributed by atoms with E-state index in [9.17, 15) is 34.2 Å². The first-order chi connectivity index (χ1) is 26.5. The molecule has 14 heteroatoms. The van der Waals surface area contributed by atoms with Crippen LogP contribution in [-0.2, 0) is 36.8 Å². The van der Waals surface area contributed by atoms with Gasteiger partial charge in [0.1, 0.15) is 36.0 Å². The largest absolute Gasteiger partial charge is 0.490 e. The third kappa shape index (κ3) is 13.5. The molecule has 0 aliphatic carbocycles. The normalized spacial score (nSPS) is 15.6. The number of nitrogens with one attached hydrogen (secondary N) is 4. The fraction of sp³-hybridized carbons (Fsp3) is 0.439. The fourth-order valence-corrected chi connectivity index (χ4v) is 6.32. The van der Waals surface area contributed by atoms with Gasteiger partial charge in [-0.25, -0.2) is 0 Å². The summed E-state index contributed by atoms with van der Waals surface area (Å²) in [5.41, 5.74) is 8.55. The van der Waals surface area contributed by atoms with Gasteiger partial charge in [-0.2, -0.15) is 0 Å². The van der Waals surface area contributed by atoms with Gasteiger partial charge in [0.2, 0.25) is 29.5 Å². The summed E-state index contributed by atoms with van der Waals surface area (Å²) in [6.45, 7) is 3.80. The van der Waals surface area contributed by atoms with Gasteiger partial charge in [0.25, 0.3) is 0 Å². The number of ether oxygens (including phenoxy) is 1. The van der Waals surface area contributed by atoms with Crippen LogP contribution in [0.2, 0.25) is 0 Å². The van der Waals surface area contributed by atoms with E-state index in [4.69, 9.17) is 10.5 Å². The molecule has 1 fully saturated rings. The van der Waals surface area contributed by atoms with Crippen molar-refractivity contribution < 1.29 is 38.9 Å². The van der Waals surface area contributed by atoms with Crippen LogP contribution in [0.25, 0.3) is 0 Å². The molecule has 4 atom stereocenters. The first-order valence-corrected chi connectivity index (χ1v) is 18.7. The minimum absolute atomic E-state index is 0.0569. The molecule has 55 heavy (non-hydrogen) atoms. The molecule has 0 bridgehead atoms. The van der Waals surface area contributed by atoms with Crippen molar-refractivity contribution in [3.05, 3.63) is 102 Å². The number of hydrogen-bond donors (Lipinski definition) is 7. The number of rotatable bonds is 20. The number of nitrogens with two attached hydrogens (primary N) is 1. The molecule has 0 aromatic heterocycles. The predicted octanol–water partition coefficient (Wildman–Crippen LogP) is 0.819. The fourth-order valence-electron chi connectivity index (χ4n) is 6.32. The van der Waals surface area contributed by atoms with Crippen LogP contribution in [0.1, 0.15) is 49.8 Å². The van der Waals surface area contributed by atoms with Gasteiger partial charge in [-0.1, -0.05) is 92.7 Å². The number of aliphatic hydroxyl groups is 2. The summed E-state index contributed by atoms with van der Waals surface area (Å²) in [5, 5.41) is 29.7. The van der Waals surface area contributed by atoms with Crippen molar-refractivity contribution in [1.29, 1.82) is 0 Å². The average Bonchev–Trinajstić information content (AvgIpc) is 3.18. The minimum atomic E-state index is -1.51. The number of para-hydroxylation sites is 1. The first-order valence-electron chi connectivity index (χ1n) is 18.7. The Bertz CT molecular complexity index is 1700. The summed E-state index contributed by atoms with van der Waals surface area (Å²) in [6.07, 6.45) is 2.69. The second-order valence-electron chi connectivity index (χ2n) is 14.1. The maximum atomic E-state index is 13.3. The Hall–Kier alpha value is -5.31. The lowest BCUT2D eigenvalue weighted by Crippen LogP contribution is -2.60. The van der Waals surface area contributed by atoms with E-state index in [0.29, 0.717) is 6.54 Å². The number of benzene rings is 3. The van der Waals surface area contributed by atoms with Crippen LogP contribution in [0.15, 0.2) is 84.9 Å². The van der Waals surface area contributed by atoms with Gasteiger partial charge in [-0.05, 0) is 41.5 Å². The minimum Gasteiger partial charge on any atom is -0.490 e. The Morgan fingerprint density at radius 3 is 1.82 bits per heavy atom. The van der Waals surface area contributed by atoms with E-state index in [1.165, 1.54) is 5.56 Å². The number of likely N-dealkylation sites (tertiary alicyclic amines) is 1. The summed E-state index contributed by atoms with van der Waals surface area (Å²) < 4.78 is 6.43. The molecule has 8 N–H and O–H groups in total. The summed E-state index contributed by atoms with van der Waals surface area (Å²) in [6, 6.07) is 22.0.